The Hall–Kier alpha value is -1.85. The van der Waals surface area contributed by atoms with Crippen LogP contribution in [0, 0.1) is 0 Å². The van der Waals surface area contributed by atoms with E-state index >= 15 is 0 Å². The number of ether oxygens (including phenoxy) is 2. The molecule has 0 spiro atoms. The molecule has 0 amide bonds. The Morgan fingerprint density at radius 1 is 1.22 bits per heavy atom. The van der Waals surface area contributed by atoms with Gasteiger partial charge in [-0.1, -0.05) is 5.16 Å². The Labute approximate surface area is 105 Å². The zero-order valence-electron chi connectivity index (χ0n) is 10.3. The normalized spacial score (nSPS) is 10.6. The Morgan fingerprint density at radius 3 is 2.61 bits per heavy atom. The van der Waals surface area contributed by atoms with Crippen LogP contribution in [0.15, 0.2) is 34.9 Å². The number of nitrogens with two attached hydrogens (primary N) is 1. The van der Waals surface area contributed by atoms with Crippen LogP contribution in [0.5, 0.6) is 5.75 Å². The van der Waals surface area contributed by atoms with Gasteiger partial charge in [0.2, 0.25) is 0 Å². The lowest BCUT2D eigenvalue weighted by atomic mass is 10.1. The second kappa shape index (κ2) is 6.18. The van der Waals surface area contributed by atoms with Crippen molar-refractivity contribution in [3.8, 4) is 17.1 Å². The number of methoxy groups -OCH3 is 1. The lowest BCUT2D eigenvalue weighted by Gasteiger charge is -2.05. The third kappa shape index (κ3) is 3.09. The van der Waals surface area contributed by atoms with Crippen molar-refractivity contribution in [2.24, 2.45) is 5.73 Å². The van der Waals surface area contributed by atoms with Gasteiger partial charge in [0, 0.05) is 25.3 Å². The van der Waals surface area contributed by atoms with Crippen molar-refractivity contribution < 1.29 is 14.0 Å². The predicted molar refractivity (Wildman–Crippen MR) is 67.2 cm³/mol. The third-order valence-electron chi connectivity index (χ3n) is 2.46. The summed E-state index contributed by atoms with van der Waals surface area (Å²) in [5.41, 5.74) is 7.17. The fourth-order valence-electron chi connectivity index (χ4n) is 1.50. The Morgan fingerprint density at radius 2 is 2.00 bits per heavy atom. The summed E-state index contributed by atoms with van der Waals surface area (Å²) in [4.78, 5) is 0. The van der Waals surface area contributed by atoms with Gasteiger partial charge >= 0.3 is 0 Å². The van der Waals surface area contributed by atoms with Crippen LogP contribution in [0.2, 0.25) is 0 Å². The van der Waals surface area contributed by atoms with E-state index in [1.807, 2.05) is 30.3 Å². The van der Waals surface area contributed by atoms with Gasteiger partial charge in [0.1, 0.15) is 12.4 Å². The highest BCUT2D eigenvalue weighted by atomic mass is 16.5. The van der Waals surface area contributed by atoms with Gasteiger partial charge < -0.3 is 19.7 Å². The van der Waals surface area contributed by atoms with Gasteiger partial charge in [-0.3, -0.25) is 0 Å². The van der Waals surface area contributed by atoms with Gasteiger partial charge in [-0.15, -0.1) is 0 Å². The molecule has 1 aromatic carbocycles. The molecule has 0 aliphatic carbocycles. The summed E-state index contributed by atoms with van der Waals surface area (Å²) in [7, 11) is 1.64. The molecule has 2 rings (SSSR count). The fourth-order valence-corrected chi connectivity index (χ4v) is 1.50. The molecule has 5 heteroatoms. The van der Waals surface area contributed by atoms with Crippen molar-refractivity contribution in [2.75, 3.05) is 20.3 Å². The van der Waals surface area contributed by atoms with Gasteiger partial charge in [-0.05, 0) is 24.3 Å². The number of benzene rings is 1. The lowest BCUT2D eigenvalue weighted by Crippen LogP contribution is -2.03. The Bertz CT molecular complexity index is 479. The summed E-state index contributed by atoms with van der Waals surface area (Å²) in [6.07, 6.45) is 0. The maximum Gasteiger partial charge on any atom is 0.167 e. The van der Waals surface area contributed by atoms with E-state index in [9.17, 15) is 0 Å². The first-order valence-corrected chi connectivity index (χ1v) is 5.71. The number of rotatable bonds is 6. The first kappa shape index (κ1) is 12.6. The number of aromatic nitrogens is 1. The summed E-state index contributed by atoms with van der Waals surface area (Å²) < 4.78 is 15.6. The molecule has 1 aromatic heterocycles. The number of nitrogens with zero attached hydrogens (tertiary/aromatic N) is 1. The van der Waals surface area contributed by atoms with Crippen LogP contribution < -0.4 is 10.5 Å². The maximum atomic E-state index is 5.48. The van der Waals surface area contributed by atoms with E-state index in [0.717, 1.165) is 17.0 Å². The molecule has 0 fully saturated rings. The molecule has 0 bridgehead atoms. The SMILES string of the molecule is COCCOc1ccc(-c2cc(CN)no2)cc1. The summed E-state index contributed by atoms with van der Waals surface area (Å²) in [6, 6.07) is 9.44. The van der Waals surface area contributed by atoms with Gasteiger partial charge in [0.25, 0.3) is 0 Å². The molecule has 18 heavy (non-hydrogen) atoms. The molecule has 2 N–H and O–H groups in total. The van der Waals surface area contributed by atoms with Crippen molar-refractivity contribution in [3.05, 3.63) is 36.0 Å². The van der Waals surface area contributed by atoms with E-state index in [0.29, 0.717) is 25.5 Å². The fraction of sp³-hybridized carbons (Fsp3) is 0.308. The highest BCUT2D eigenvalue weighted by molar-refractivity contribution is 5.58. The average molecular weight is 248 g/mol. The summed E-state index contributed by atoms with van der Waals surface area (Å²) >= 11 is 0. The van der Waals surface area contributed by atoms with Crippen LogP contribution in [-0.2, 0) is 11.3 Å². The molecule has 0 saturated heterocycles. The standard InChI is InChI=1S/C13H16N2O3/c1-16-6-7-17-12-4-2-10(3-5-12)13-8-11(9-14)15-18-13/h2-5,8H,6-7,9,14H2,1H3. The molecular weight excluding hydrogens is 232 g/mol. The smallest absolute Gasteiger partial charge is 0.167 e. The van der Waals surface area contributed by atoms with Gasteiger partial charge in [0.05, 0.1) is 12.3 Å². The molecule has 5 nitrogen and oxygen atoms in total. The van der Waals surface area contributed by atoms with Crippen molar-refractivity contribution in [1.29, 1.82) is 0 Å². The van der Waals surface area contributed by atoms with Crippen molar-refractivity contribution >= 4 is 0 Å². The van der Waals surface area contributed by atoms with Gasteiger partial charge in [0.15, 0.2) is 5.76 Å². The Balaban J connectivity index is 2.02. The van der Waals surface area contributed by atoms with Crippen LogP contribution >= 0.6 is 0 Å². The average Bonchev–Trinajstić information content (AvgIpc) is 2.89. The first-order valence-electron chi connectivity index (χ1n) is 5.71. The van der Waals surface area contributed by atoms with E-state index < -0.39 is 0 Å². The maximum absolute atomic E-state index is 5.48. The molecule has 0 unspecified atom stereocenters. The van der Waals surface area contributed by atoms with E-state index in [1.54, 1.807) is 7.11 Å². The quantitative estimate of drug-likeness (QED) is 0.790. The van der Waals surface area contributed by atoms with Gasteiger partial charge in [-0.25, -0.2) is 0 Å². The molecule has 96 valence electrons. The van der Waals surface area contributed by atoms with E-state index in [2.05, 4.69) is 5.16 Å². The van der Waals surface area contributed by atoms with E-state index in [-0.39, 0.29) is 0 Å². The second-order valence-electron chi connectivity index (χ2n) is 3.75. The van der Waals surface area contributed by atoms with Crippen molar-refractivity contribution in [3.63, 3.8) is 0 Å². The molecule has 2 aromatic rings. The van der Waals surface area contributed by atoms with Gasteiger partial charge in [-0.2, -0.15) is 0 Å². The highest BCUT2D eigenvalue weighted by Crippen LogP contribution is 2.23. The number of hydrogen-bond donors (Lipinski definition) is 1. The summed E-state index contributed by atoms with van der Waals surface area (Å²) in [5, 5.41) is 3.85. The zero-order chi connectivity index (χ0) is 12.8. The predicted octanol–water partition coefficient (Wildman–Crippen LogP) is 1.83. The van der Waals surface area contributed by atoms with Crippen LogP contribution in [0.4, 0.5) is 0 Å². The van der Waals surface area contributed by atoms with Crippen LogP contribution in [-0.4, -0.2) is 25.5 Å². The Kier molecular flexibility index (Phi) is 4.33. The second-order valence-corrected chi connectivity index (χ2v) is 3.75. The molecule has 0 atom stereocenters. The van der Waals surface area contributed by atoms with E-state index in [1.165, 1.54) is 0 Å². The first-order chi connectivity index (χ1) is 8.83. The molecule has 1 heterocycles. The zero-order valence-corrected chi connectivity index (χ0v) is 10.3. The van der Waals surface area contributed by atoms with Crippen molar-refractivity contribution in [1.82, 2.24) is 5.16 Å². The van der Waals surface area contributed by atoms with Crippen LogP contribution in [0.1, 0.15) is 5.69 Å². The minimum atomic E-state index is 0.377. The molecule has 0 saturated carbocycles. The summed E-state index contributed by atoms with van der Waals surface area (Å²) in [5.74, 6) is 1.51. The monoisotopic (exact) mass is 248 g/mol. The topological polar surface area (TPSA) is 70.5 Å². The van der Waals surface area contributed by atoms with Crippen LogP contribution in [0.3, 0.4) is 0 Å². The molecule has 0 radical (unpaired) electrons. The number of hydrogen-bond acceptors (Lipinski definition) is 5. The van der Waals surface area contributed by atoms with E-state index in [4.69, 9.17) is 19.7 Å². The van der Waals surface area contributed by atoms with Crippen LogP contribution in [0.25, 0.3) is 11.3 Å². The van der Waals surface area contributed by atoms with Crippen molar-refractivity contribution in [2.45, 2.75) is 6.54 Å². The highest BCUT2D eigenvalue weighted by Gasteiger charge is 2.05. The summed E-state index contributed by atoms with van der Waals surface area (Å²) in [6.45, 7) is 1.49. The third-order valence-corrected chi connectivity index (χ3v) is 2.46. The largest absolute Gasteiger partial charge is 0.491 e. The molecule has 0 aliphatic rings. The molecular formula is C13H16N2O3. The molecule has 0 aliphatic heterocycles. The minimum Gasteiger partial charge on any atom is -0.491 e. The lowest BCUT2D eigenvalue weighted by molar-refractivity contribution is 0.146. The minimum absolute atomic E-state index is 0.377.